The van der Waals surface area contributed by atoms with Gasteiger partial charge in [-0.3, -0.25) is 9.59 Å². The van der Waals surface area contributed by atoms with Crippen molar-refractivity contribution in [1.29, 1.82) is 0 Å². The van der Waals surface area contributed by atoms with Crippen LogP contribution in [0.15, 0.2) is 42.5 Å². The van der Waals surface area contributed by atoms with Crippen LogP contribution in [0, 0.1) is 3.57 Å². The van der Waals surface area contributed by atoms with Gasteiger partial charge in [0.25, 0.3) is 0 Å². The summed E-state index contributed by atoms with van der Waals surface area (Å²) in [7, 11) is 1.49. The van der Waals surface area contributed by atoms with E-state index in [1.807, 2.05) is 24.3 Å². The van der Waals surface area contributed by atoms with Crippen molar-refractivity contribution in [3.05, 3.63) is 56.6 Å². The maximum absolute atomic E-state index is 12.3. The van der Waals surface area contributed by atoms with Gasteiger partial charge in [0.2, 0.25) is 5.91 Å². The first-order valence-corrected chi connectivity index (χ1v) is 8.37. The maximum atomic E-state index is 12.3. The van der Waals surface area contributed by atoms with Crippen LogP contribution in [0.1, 0.15) is 23.2 Å². The molecule has 0 saturated carbocycles. The van der Waals surface area contributed by atoms with E-state index < -0.39 is 0 Å². The highest BCUT2D eigenvalue weighted by atomic mass is 127. The van der Waals surface area contributed by atoms with Crippen molar-refractivity contribution < 1.29 is 14.3 Å². The van der Waals surface area contributed by atoms with Gasteiger partial charge in [0.15, 0.2) is 5.78 Å². The monoisotopic (exact) mass is 443 g/mol. The molecule has 0 fully saturated rings. The van der Waals surface area contributed by atoms with E-state index in [1.54, 1.807) is 18.2 Å². The molecule has 2 aromatic rings. The molecule has 0 bridgehead atoms. The summed E-state index contributed by atoms with van der Waals surface area (Å²) >= 11 is 8.10. The van der Waals surface area contributed by atoms with Gasteiger partial charge in [0, 0.05) is 27.1 Å². The van der Waals surface area contributed by atoms with Crippen molar-refractivity contribution in [3.63, 3.8) is 0 Å². The van der Waals surface area contributed by atoms with Crippen molar-refractivity contribution in [2.75, 3.05) is 12.4 Å². The number of amides is 1. The number of ketones is 1. The number of carbonyl (C=O) groups is 2. The normalized spacial score (nSPS) is 10.2. The largest absolute Gasteiger partial charge is 0.496 e. The minimum Gasteiger partial charge on any atom is -0.496 e. The smallest absolute Gasteiger partial charge is 0.224 e. The second kappa shape index (κ2) is 8.31. The molecule has 0 unspecified atom stereocenters. The van der Waals surface area contributed by atoms with E-state index in [0.29, 0.717) is 22.0 Å². The summed E-state index contributed by atoms with van der Waals surface area (Å²) in [4.78, 5) is 24.2. The summed E-state index contributed by atoms with van der Waals surface area (Å²) < 4.78 is 6.24. The Bertz CT molecular complexity index is 716. The third-order valence-electron chi connectivity index (χ3n) is 3.17. The van der Waals surface area contributed by atoms with Crippen LogP contribution < -0.4 is 10.1 Å². The number of nitrogens with one attached hydrogen (secondary N) is 1. The van der Waals surface area contributed by atoms with Crippen LogP contribution in [0.25, 0.3) is 0 Å². The zero-order valence-electron chi connectivity index (χ0n) is 12.4. The number of anilines is 1. The van der Waals surface area contributed by atoms with Crippen molar-refractivity contribution in [3.8, 4) is 5.75 Å². The highest BCUT2D eigenvalue weighted by Crippen LogP contribution is 2.24. The van der Waals surface area contributed by atoms with Gasteiger partial charge in [0.05, 0.1) is 12.7 Å². The van der Waals surface area contributed by atoms with Gasteiger partial charge in [-0.15, -0.1) is 0 Å². The van der Waals surface area contributed by atoms with Gasteiger partial charge in [-0.2, -0.15) is 0 Å². The Morgan fingerprint density at radius 2 is 1.83 bits per heavy atom. The number of Topliss-reactive ketones (excluding diaryl/α,β-unsaturated/α-hetero) is 1. The summed E-state index contributed by atoms with van der Waals surface area (Å²) in [6, 6.07) is 12.3. The molecule has 0 atom stereocenters. The summed E-state index contributed by atoms with van der Waals surface area (Å²) in [5, 5.41) is 3.22. The van der Waals surface area contributed by atoms with E-state index in [4.69, 9.17) is 16.3 Å². The second-order valence-corrected chi connectivity index (χ2v) is 6.50. The minimum atomic E-state index is -0.208. The van der Waals surface area contributed by atoms with Crippen molar-refractivity contribution in [2.45, 2.75) is 12.8 Å². The molecule has 0 aliphatic rings. The summed E-state index contributed by atoms with van der Waals surface area (Å²) in [5.74, 6) is 0.0695. The van der Waals surface area contributed by atoms with Crippen LogP contribution in [0.5, 0.6) is 5.75 Å². The summed E-state index contributed by atoms with van der Waals surface area (Å²) in [6.45, 7) is 0. The highest BCUT2D eigenvalue weighted by molar-refractivity contribution is 14.1. The molecule has 2 aromatic carbocycles. The minimum absolute atomic E-state index is 0.0902. The molecule has 120 valence electrons. The Morgan fingerprint density at radius 1 is 1.13 bits per heavy atom. The standard InChI is InChI=1S/C17H15ClINO3/c1-23-16-8-2-11(18)10-14(16)15(21)7-9-17(22)20-13-5-3-12(19)4-6-13/h2-6,8,10H,7,9H2,1H3,(H,20,22). The van der Waals surface area contributed by atoms with Crippen molar-refractivity contribution in [2.24, 2.45) is 0 Å². The van der Waals surface area contributed by atoms with Gasteiger partial charge < -0.3 is 10.1 Å². The zero-order valence-corrected chi connectivity index (χ0v) is 15.3. The van der Waals surface area contributed by atoms with Crippen molar-refractivity contribution >= 4 is 51.6 Å². The van der Waals surface area contributed by atoms with Crippen LogP contribution in [0.4, 0.5) is 5.69 Å². The van der Waals surface area contributed by atoms with Crippen molar-refractivity contribution in [1.82, 2.24) is 0 Å². The van der Waals surface area contributed by atoms with Gasteiger partial charge in [0.1, 0.15) is 5.75 Å². The predicted molar refractivity (Wildman–Crippen MR) is 99.4 cm³/mol. The number of hydrogen-bond acceptors (Lipinski definition) is 3. The molecule has 0 spiro atoms. The lowest BCUT2D eigenvalue weighted by atomic mass is 10.1. The number of benzene rings is 2. The molecule has 0 aliphatic carbocycles. The molecule has 4 nitrogen and oxygen atoms in total. The van der Waals surface area contributed by atoms with Crippen LogP contribution in [-0.4, -0.2) is 18.8 Å². The number of halogens is 2. The molecular formula is C17H15ClINO3. The van der Waals surface area contributed by atoms with E-state index in [2.05, 4.69) is 27.9 Å². The lowest BCUT2D eigenvalue weighted by Crippen LogP contribution is -2.13. The van der Waals surface area contributed by atoms with Crippen LogP contribution in [-0.2, 0) is 4.79 Å². The predicted octanol–water partition coefficient (Wildman–Crippen LogP) is 4.55. The fraction of sp³-hybridized carbons (Fsp3) is 0.176. The first-order chi connectivity index (χ1) is 11.0. The Hall–Kier alpha value is -1.60. The second-order valence-electron chi connectivity index (χ2n) is 4.82. The average Bonchev–Trinajstić information content (AvgIpc) is 2.54. The van der Waals surface area contributed by atoms with Gasteiger partial charge in [-0.1, -0.05) is 11.6 Å². The maximum Gasteiger partial charge on any atom is 0.224 e. The zero-order chi connectivity index (χ0) is 16.8. The SMILES string of the molecule is COc1ccc(Cl)cc1C(=O)CCC(=O)Nc1ccc(I)cc1. The van der Waals surface area contributed by atoms with Gasteiger partial charge in [-0.25, -0.2) is 0 Å². The average molecular weight is 444 g/mol. The molecule has 23 heavy (non-hydrogen) atoms. The lowest BCUT2D eigenvalue weighted by molar-refractivity contribution is -0.116. The Morgan fingerprint density at radius 3 is 2.48 bits per heavy atom. The quantitative estimate of drug-likeness (QED) is 0.526. The lowest BCUT2D eigenvalue weighted by Gasteiger charge is -2.08. The number of ether oxygens (including phenoxy) is 1. The number of rotatable bonds is 6. The first-order valence-electron chi connectivity index (χ1n) is 6.92. The number of methoxy groups -OCH3 is 1. The molecule has 0 saturated heterocycles. The Kier molecular flexibility index (Phi) is 6.41. The van der Waals surface area contributed by atoms with E-state index in [0.717, 1.165) is 3.57 Å². The Labute approximate surface area is 153 Å². The van der Waals surface area contributed by atoms with E-state index in [1.165, 1.54) is 7.11 Å². The summed E-state index contributed by atoms with van der Waals surface area (Å²) in [5.41, 5.74) is 1.10. The highest BCUT2D eigenvalue weighted by Gasteiger charge is 2.14. The first kappa shape index (κ1) is 17.7. The molecule has 1 N–H and O–H groups in total. The van der Waals surface area contributed by atoms with Gasteiger partial charge in [-0.05, 0) is 65.1 Å². The summed E-state index contributed by atoms with van der Waals surface area (Å²) in [6.07, 6.45) is 0.188. The Balaban J connectivity index is 1.95. The molecule has 0 aliphatic heterocycles. The molecule has 1 amide bonds. The van der Waals surface area contributed by atoms with Crippen LogP contribution in [0.2, 0.25) is 5.02 Å². The molecule has 0 aromatic heterocycles. The fourth-order valence-corrected chi connectivity index (χ4v) is 2.55. The van der Waals surface area contributed by atoms with E-state index >= 15 is 0 Å². The fourth-order valence-electron chi connectivity index (χ4n) is 2.02. The molecule has 0 heterocycles. The van der Waals surface area contributed by atoms with Gasteiger partial charge >= 0.3 is 0 Å². The molecule has 0 radical (unpaired) electrons. The molecule has 6 heteroatoms. The van der Waals surface area contributed by atoms with Crippen LogP contribution in [0.3, 0.4) is 0 Å². The third kappa shape index (κ3) is 5.21. The topological polar surface area (TPSA) is 55.4 Å². The molecular weight excluding hydrogens is 429 g/mol. The van der Waals surface area contributed by atoms with E-state index in [-0.39, 0.29) is 24.5 Å². The number of carbonyl (C=O) groups excluding carboxylic acids is 2. The number of hydrogen-bond donors (Lipinski definition) is 1. The van der Waals surface area contributed by atoms with E-state index in [9.17, 15) is 9.59 Å². The third-order valence-corrected chi connectivity index (χ3v) is 4.12. The van der Waals surface area contributed by atoms with Crippen LogP contribution >= 0.6 is 34.2 Å². The molecule has 2 rings (SSSR count).